The average Bonchev–Trinajstić information content (AvgIpc) is 2.24. The number of nitrogen functional groups attached to an aromatic ring is 1. The number of halogens is 1. The van der Waals surface area contributed by atoms with Gasteiger partial charge < -0.3 is 11.1 Å². The fraction of sp³-hybridized carbons (Fsp3) is 0.636. The number of aromatic nitrogens is 2. The van der Waals surface area contributed by atoms with E-state index in [9.17, 15) is 0 Å². The van der Waals surface area contributed by atoms with Gasteiger partial charge in [-0.15, -0.1) is 0 Å². The Hall–Kier alpha value is -1.03. The van der Waals surface area contributed by atoms with Gasteiger partial charge in [0.15, 0.2) is 5.82 Å². The van der Waals surface area contributed by atoms with Crippen LogP contribution in [0.1, 0.15) is 39.0 Å². The molecule has 0 unspecified atom stereocenters. The highest BCUT2D eigenvalue weighted by molar-refractivity contribution is 6.28. The SMILES string of the molecule is CC1(Nc2nc(Cl)ncc2N)CCCCC1. The Kier molecular flexibility index (Phi) is 3.19. The maximum Gasteiger partial charge on any atom is 0.224 e. The van der Waals surface area contributed by atoms with E-state index < -0.39 is 0 Å². The zero-order valence-corrected chi connectivity index (χ0v) is 10.2. The largest absolute Gasteiger partial charge is 0.394 e. The minimum atomic E-state index is 0.0874. The van der Waals surface area contributed by atoms with Crippen molar-refractivity contribution >= 4 is 23.1 Å². The molecule has 88 valence electrons. The molecule has 1 saturated carbocycles. The molecule has 16 heavy (non-hydrogen) atoms. The summed E-state index contributed by atoms with van der Waals surface area (Å²) in [6.45, 7) is 2.21. The number of nitrogens with two attached hydrogens (primary N) is 1. The van der Waals surface area contributed by atoms with Crippen molar-refractivity contribution in [2.75, 3.05) is 11.1 Å². The van der Waals surface area contributed by atoms with Crippen LogP contribution in [0.25, 0.3) is 0 Å². The third-order valence-corrected chi connectivity index (χ3v) is 3.35. The molecule has 0 aromatic carbocycles. The van der Waals surface area contributed by atoms with Crippen molar-refractivity contribution in [3.05, 3.63) is 11.5 Å². The summed E-state index contributed by atoms with van der Waals surface area (Å²) in [6.07, 6.45) is 7.66. The zero-order valence-electron chi connectivity index (χ0n) is 9.46. The molecule has 1 heterocycles. The van der Waals surface area contributed by atoms with Gasteiger partial charge in [-0.3, -0.25) is 0 Å². The molecule has 1 aromatic heterocycles. The van der Waals surface area contributed by atoms with Crippen LogP contribution < -0.4 is 11.1 Å². The van der Waals surface area contributed by atoms with E-state index in [0.29, 0.717) is 11.5 Å². The van der Waals surface area contributed by atoms with Crippen LogP contribution in [0.15, 0.2) is 6.20 Å². The highest BCUT2D eigenvalue weighted by Crippen LogP contribution is 2.32. The summed E-state index contributed by atoms with van der Waals surface area (Å²) in [7, 11) is 0. The number of nitrogens with zero attached hydrogens (tertiary/aromatic N) is 2. The van der Waals surface area contributed by atoms with Gasteiger partial charge >= 0.3 is 0 Å². The molecule has 1 aliphatic rings. The summed E-state index contributed by atoms with van der Waals surface area (Å²) >= 11 is 5.76. The first kappa shape index (κ1) is 11.5. The maximum atomic E-state index is 5.82. The first-order valence-corrected chi connectivity index (χ1v) is 6.03. The Morgan fingerprint density at radius 2 is 2.06 bits per heavy atom. The van der Waals surface area contributed by atoms with Crippen LogP contribution in [-0.4, -0.2) is 15.5 Å². The van der Waals surface area contributed by atoms with E-state index in [1.165, 1.54) is 19.3 Å². The van der Waals surface area contributed by atoms with Gasteiger partial charge in [0.2, 0.25) is 5.28 Å². The first-order valence-electron chi connectivity index (χ1n) is 5.65. The van der Waals surface area contributed by atoms with Crippen LogP contribution >= 0.6 is 11.6 Å². The Labute approximate surface area is 101 Å². The monoisotopic (exact) mass is 240 g/mol. The lowest BCUT2D eigenvalue weighted by molar-refractivity contribution is 0.348. The van der Waals surface area contributed by atoms with Crippen molar-refractivity contribution < 1.29 is 0 Å². The summed E-state index contributed by atoms with van der Waals surface area (Å²) in [5.74, 6) is 0.657. The molecule has 4 nitrogen and oxygen atoms in total. The third-order valence-electron chi connectivity index (χ3n) is 3.16. The number of rotatable bonds is 2. The van der Waals surface area contributed by atoms with Crippen molar-refractivity contribution in [3.63, 3.8) is 0 Å². The molecule has 5 heteroatoms. The van der Waals surface area contributed by atoms with Crippen LogP contribution in [-0.2, 0) is 0 Å². The molecule has 0 atom stereocenters. The second kappa shape index (κ2) is 4.45. The van der Waals surface area contributed by atoms with Crippen LogP contribution in [0.2, 0.25) is 5.28 Å². The smallest absolute Gasteiger partial charge is 0.224 e. The zero-order chi connectivity index (χ0) is 11.6. The highest BCUT2D eigenvalue weighted by atomic mass is 35.5. The second-order valence-electron chi connectivity index (χ2n) is 4.69. The van der Waals surface area contributed by atoms with Gasteiger partial charge in [0, 0.05) is 5.54 Å². The topological polar surface area (TPSA) is 63.8 Å². The van der Waals surface area contributed by atoms with Gasteiger partial charge in [0.1, 0.15) is 0 Å². The van der Waals surface area contributed by atoms with Crippen LogP contribution in [0, 0.1) is 0 Å². The maximum absolute atomic E-state index is 5.82. The van der Waals surface area contributed by atoms with Gasteiger partial charge in [-0.05, 0) is 31.4 Å². The van der Waals surface area contributed by atoms with Crippen LogP contribution in [0.3, 0.4) is 0 Å². The van der Waals surface area contributed by atoms with Gasteiger partial charge in [-0.25, -0.2) is 4.98 Å². The Morgan fingerprint density at radius 1 is 1.38 bits per heavy atom. The summed E-state index contributed by atoms with van der Waals surface area (Å²) < 4.78 is 0. The molecular weight excluding hydrogens is 224 g/mol. The fourth-order valence-corrected chi connectivity index (χ4v) is 2.35. The van der Waals surface area contributed by atoms with E-state index in [1.807, 2.05) is 0 Å². The van der Waals surface area contributed by atoms with E-state index in [-0.39, 0.29) is 10.8 Å². The molecule has 1 aliphatic carbocycles. The average molecular weight is 241 g/mol. The molecular formula is C11H17ClN4. The summed E-state index contributed by atoms with van der Waals surface area (Å²) in [5.41, 5.74) is 6.46. The van der Waals surface area contributed by atoms with Crippen molar-refractivity contribution in [3.8, 4) is 0 Å². The second-order valence-corrected chi connectivity index (χ2v) is 5.03. The molecule has 0 saturated heterocycles. The molecule has 3 N–H and O–H groups in total. The lowest BCUT2D eigenvalue weighted by atomic mass is 9.83. The highest BCUT2D eigenvalue weighted by Gasteiger charge is 2.27. The van der Waals surface area contributed by atoms with E-state index in [4.69, 9.17) is 17.3 Å². The summed E-state index contributed by atoms with van der Waals surface area (Å²) in [6, 6.07) is 0. The number of hydrogen-bond acceptors (Lipinski definition) is 4. The van der Waals surface area contributed by atoms with E-state index in [2.05, 4.69) is 22.2 Å². The lowest BCUT2D eigenvalue weighted by Crippen LogP contribution is -2.37. The van der Waals surface area contributed by atoms with Gasteiger partial charge in [-0.2, -0.15) is 4.98 Å². The lowest BCUT2D eigenvalue weighted by Gasteiger charge is -2.35. The fourth-order valence-electron chi connectivity index (χ4n) is 2.21. The van der Waals surface area contributed by atoms with Crippen LogP contribution in [0.5, 0.6) is 0 Å². The number of anilines is 2. The number of hydrogen-bond donors (Lipinski definition) is 2. The molecule has 0 aliphatic heterocycles. The Bertz CT molecular complexity index is 374. The predicted molar refractivity (Wildman–Crippen MR) is 66.6 cm³/mol. The Balaban J connectivity index is 2.15. The van der Waals surface area contributed by atoms with Gasteiger partial charge in [0.25, 0.3) is 0 Å². The normalized spacial score (nSPS) is 19.4. The third kappa shape index (κ3) is 2.55. The standard InChI is InChI=1S/C11H17ClN4/c1-11(5-3-2-4-6-11)16-9-8(13)7-14-10(12)15-9/h7H,2-6,13H2,1H3,(H,14,15,16). The van der Waals surface area contributed by atoms with Crippen molar-refractivity contribution in [2.45, 2.75) is 44.6 Å². The van der Waals surface area contributed by atoms with Gasteiger partial charge in [-0.1, -0.05) is 19.3 Å². The van der Waals surface area contributed by atoms with Crippen molar-refractivity contribution in [2.24, 2.45) is 0 Å². The minimum absolute atomic E-state index is 0.0874. The summed E-state index contributed by atoms with van der Waals surface area (Å²) in [5, 5.41) is 3.64. The van der Waals surface area contributed by atoms with E-state index >= 15 is 0 Å². The van der Waals surface area contributed by atoms with Gasteiger partial charge in [0.05, 0.1) is 11.9 Å². The number of nitrogens with one attached hydrogen (secondary N) is 1. The molecule has 1 fully saturated rings. The molecule has 0 spiro atoms. The van der Waals surface area contributed by atoms with Crippen LogP contribution in [0.4, 0.5) is 11.5 Å². The molecule has 2 rings (SSSR count). The van der Waals surface area contributed by atoms with E-state index in [1.54, 1.807) is 6.20 Å². The van der Waals surface area contributed by atoms with Crippen molar-refractivity contribution in [1.82, 2.24) is 9.97 Å². The van der Waals surface area contributed by atoms with Crippen molar-refractivity contribution in [1.29, 1.82) is 0 Å². The first-order chi connectivity index (χ1) is 7.59. The summed E-state index contributed by atoms with van der Waals surface area (Å²) in [4.78, 5) is 7.97. The predicted octanol–water partition coefficient (Wildman–Crippen LogP) is 2.85. The van der Waals surface area contributed by atoms with E-state index in [0.717, 1.165) is 12.8 Å². The minimum Gasteiger partial charge on any atom is -0.394 e. The molecule has 1 aromatic rings. The Morgan fingerprint density at radius 3 is 2.75 bits per heavy atom. The molecule has 0 amide bonds. The molecule has 0 bridgehead atoms. The quantitative estimate of drug-likeness (QED) is 0.781. The molecule has 0 radical (unpaired) electrons.